The molecule has 3 fully saturated rings. The minimum atomic E-state index is 0.376. The Labute approximate surface area is 111 Å². The van der Waals surface area contributed by atoms with Gasteiger partial charge in [-0.2, -0.15) is 0 Å². The summed E-state index contributed by atoms with van der Waals surface area (Å²) in [5.74, 6) is 0. The van der Waals surface area contributed by atoms with Crippen molar-refractivity contribution >= 4 is 0 Å². The van der Waals surface area contributed by atoms with Crippen LogP contribution in [0.15, 0.2) is 0 Å². The summed E-state index contributed by atoms with van der Waals surface area (Å²) >= 11 is 0. The van der Waals surface area contributed by atoms with E-state index in [4.69, 9.17) is 4.74 Å². The third-order valence-corrected chi connectivity index (χ3v) is 4.59. The van der Waals surface area contributed by atoms with Gasteiger partial charge in [0, 0.05) is 32.2 Å². The number of nitrogens with one attached hydrogen (secondary N) is 1. The number of hydrogen-bond acceptors (Lipinski definition) is 4. The van der Waals surface area contributed by atoms with Gasteiger partial charge in [0.2, 0.25) is 0 Å². The smallest absolute Gasteiger partial charge is 0.0830 e. The molecule has 3 saturated heterocycles. The minimum Gasteiger partial charge on any atom is -0.371 e. The standard InChI is InChI=1S/C14H27N3O/c1-12-8-15-9-14(18-12)11-16-7-4-13(10-16)17-5-2-3-6-17/h12-15H,2-11H2,1H3/t12-,13-,14+/m1/s1. The topological polar surface area (TPSA) is 27.7 Å². The fraction of sp³-hybridized carbons (Fsp3) is 1.00. The quantitative estimate of drug-likeness (QED) is 0.794. The average Bonchev–Trinajstić information content (AvgIpc) is 2.98. The van der Waals surface area contributed by atoms with Gasteiger partial charge in [-0.15, -0.1) is 0 Å². The summed E-state index contributed by atoms with van der Waals surface area (Å²) in [4.78, 5) is 5.30. The van der Waals surface area contributed by atoms with Crippen molar-refractivity contribution in [3.63, 3.8) is 0 Å². The molecule has 0 amide bonds. The zero-order valence-electron chi connectivity index (χ0n) is 11.6. The molecular formula is C14H27N3O. The molecule has 18 heavy (non-hydrogen) atoms. The molecular weight excluding hydrogens is 226 g/mol. The van der Waals surface area contributed by atoms with Crippen LogP contribution in [0.25, 0.3) is 0 Å². The molecule has 0 aliphatic carbocycles. The summed E-state index contributed by atoms with van der Waals surface area (Å²) in [5.41, 5.74) is 0. The lowest BCUT2D eigenvalue weighted by Crippen LogP contribution is -2.48. The molecule has 1 N–H and O–H groups in total. The summed E-state index contributed by atoms with van der Waals surface area (Å²) in [6, 6.07) is 0.821. The van der Waals surface area contributed by atoms with Gasteiger partial charge in [0.15, 0.2) is 0 Å². The summed E-state index contributed by atoms with van der Waals surface area (Å²) in [6.45, 7) is 10.5. The molecule has 0 aromatic heterocycles. The first-order valence-corrected chi connectivity index (χ1v) is 7.64. The summed E-state index contributed by atoms with van der Waals surface area (Å²) in [5, 5.41) is 3.46. The van der Waals surface area contributed by atoms with Crippen LogP contribution < -0.4 is 5.32 Å². The fourth-order valence-corrected chi connectivity index (χ4v) is 3.65. The van der Waals surface area contributed by atoms with Crippen LogP contribution in [0.3, 0.4) is 0 Å². The molecule has 0 aromatic rings. The van der Waals surface area contributed by atoms with E-state index in [2.05, 4.69) is 22.0 Å². The van der Waals surface area contributed by atoms with Gasteiger partial charge in [-0.25, -0.2) is 0 Å². The maximum Gasteiger partial charge on any atom is 0.0830 e. The summed E-state index contributed by atoms with van der Waals surface area (Å²) < 4.78 is 5.99. The first kappa shape index (κ1) is 12.9. The largest absolute Gasteiger partial charge is 0.371 e. The van der Waals surface area contributed by atoms with E-state index in [1.807, 2.05) is 0 Å². The maximum atomic E-state index is 5.99. The number of nitrogens with zero attached hydrogens (tertiary/aromatic N) is 2. The Kier molecular flexibility index (Phi) is 4.19. The van der Waals surface area contributed by atoms with Crippen LogP contribution in [0.1, 0.15) is 26.2 Å². The molecule has 3 rings (SSSR count). The van der Waals surface area contributed by atoms with Crippen molar-refractivity contribution in [2.24, 2.45) is 0 Å². The maximum absolute atomic E-state index is 5.99. The highest BCUT2D eigenvalue weighted by atomic mass is 16.5. The van der Waals surface area contributed by atoms with Gasteiger partial charge in [-0.1, -0.05) is 0 Å². The van der Waals surface area contributed by atoms with E-state index in [1.54, 1.807) is 0 Å². The summed E-state index contributed by atoms with van der Waals surface area (Å²) in [7, 11) is 0. The molecule has 0 radical (unpaired) electrons. The van der Waals surface area contributed by atoms with Gasteiger partial charge in [0.25, 0.3) is 0 Å². The van der Waals surface area contributed by atoms with Crippen LogP contribution >= 0.6 is 0 Å². The van der Waals surface area contributed by atoms with E-state index >= 15 is 0 Å². The number of morpholine rings is 1. The van der Waals surface area contributed by atoms with Gasteiger partial charge in [-0.05, 0) is 45.8 Å². The molecule has 0 aromatic carbocycles. The molecule has 3 aliphatic heterocycles. The Morgan fingerprint density at radius 3 is 2.78 bits per heavy atom. The molecule has 104 valence electrons. The zero-order valence-corrected chi connectivity index (χ0v) is 11.6. The van der Waals surface area contributed by atoms with Crippen molar-refractivity contribution in [1.29, 1.82) is 0 Å². The van der Waals surface area contributed by atoms with E-state index < -0.39 is 0 Å². The lowest BCUT2D eigenvalue weighted by molar-refractivity contribution is -0.0403. The molecule has 3 atom stereocenters. The van der Waals surface area contributed by atoms with Crippen LogP contribution in [0.4, 0.5) is 0 Å². The monoisotopic (exact) mass is 253 g/mol. The molecule has 0 spiro atoms. The van der Waals surface area contributed by atoms with Crippen LogP contribution in [0, 0.1) is 0 Å². The van der Waals surface area contributed by atoms with Gasteiger partial charge in [-0.3, -0.25) is 9.80 Å². The molecule has 0 bridgehead atoms. The number of rotatable bonds is 3. The number of hydrogen-bond donors (Lipinski definition) is 1. The van der Waals surface area contributed by atoms with Gasteiger partial charge in [0.1, 0.15) is 0 Å². The lowest BCUT2D eigenvalue weighted by Gasteiger charge is -2.32. The number of ether oxygens (including phenoxy) is 1. The lowest BCUT2D eigenvalue weighted by atomic mass is 10.2. The predicted octanol–water partition coefficient (Wildman–Crippen LogP) is 0.533. The van der Waals surface area contributed by atoms with Gasteiger partial charge < -0.3 is 10.1 Å². The Morgan fingerprint density at radius 1 is 1.17 bits per heavy atom. The Hall–Kier alpha value is -0.160. The molecule has 3 aliphatic rings. The first-order valence-electron chi connectivity index (χ1n) is 7.64. The van der Waals surface area contributed by atoms with Crippen LogP contribution in [0.5, 0.6) is 0 Å². The van der Waals surface area contributed by atoms with E-state index in [1.165, 1.54) is 45.4 Å². The normalized spacial score (nSPS) is 39.5. The van der Waals surface area contributed by atoms with Crippen molar-refractivity contribution in [3.8, 4) is 0 Å². The van der Waals surface area contributed by atoms with E-state index in [0.29, 0.717) is 12.2 Å². The minimum absolute atomic E-state index is 0.376. The Bertz CT molecular complexity index is 268. The molecule has 4 heteroatoms. The van der Waals surface area contributed by atoms with E-state index in [-0.39, 0.29) is 0 Å². The average molecular weight is 253 g/mol. The van der Waals surface area contributed by atoms with Gasteiger partial charge >= 0.3 is 0 Å². The molecule has 4 nitrogen and oxygen atoms in total. The first-order chi connectivity index (χ1) is 8.81. The second-order valence-corrected chi connectivity index (χ2v) is 6.17. The van der Waals surface area contributed by atoms with Crippen molar-refractivity contribution in [3.05, 3.63) is 0 Å². The van der Waals surface area contributed by atoms with Crippen molar-refractivity contribution in [2.45, 2.75) is 44.4 Å². The molecule has 0 saturated carbocycles. The zero-order chi connectivity index (χ0) is 12.4. The van der Waals surface area contributed by atoms with Crippen LogP contribution in [-0.4, -0.2) is 73.9 Å². The third-order valence-electron chi connectivity index (χ3n) is 4.59. The van der Waals surface area contributed by atoms with Crippen molar-refractivity contribution in [1.82, 2.24) is 15.1 Å². The predicted molar refractivity (Wildman–Crippen MR) is 72.9 cm³/mol. The van der Waals surface area contributed by atoms with Crippen LogP contribution in [-0.2, 0) is 4.74 Å². The second-order valence-electron chi connectivity index (χ2n) is 6.17. The van der Waals surface area contributed by atoms with Crippen LogP contribution in [0.2, 0.25) is 0 Å². The number of likely N-dealkylation sites (tertiary alicyclic amines) is 2. The van der Waals surface area contributed by atoms with Gasteiger partial charge in [0.05, 0.1) is 12.2 Å². The van der Waals surface area contributed by atoms with Crippen molar-refractivity contribution in [2.75, 3.05) is 45.8 Å². The second kappa shape index (κ2) is 5.87. The molecule has 0 unspecified atom stereocenters. The Morgan fingerprint density at radius 2 is 2.00 bits per heavy atom. The highest BCUT2D eigenvalue weighted by molar-refractivity contribution is 4.87. The highest BCUT2D eigenvalue weighted by Gasteiger charge is 2.31. The van der Waals surface area contributed by atoms with E-state index in [9.17, 15) is 0 Å². The highest BCUT2D eigenvalue weighted by Crippen LogP contribution is 2.21. The van der Waals surface area contributed by atoms with Crippen molar-refractivity contribution < 1.29 is 4.74 Å². The Balaban J connectivity index is 1.44. The summed E-state index contributed by atoms with van der Waals surface area (Å²) in [6.07, 6.45) is 4.94. The fourth-order valence-electron chi connectivity index (χ4n) is 3.65. The third kappa shape index (κ3) is 3.05. The van der Waals surface area contributed by atoms with E-state index in [0.717, 1.165) is 25.7 Å². The molecule has 3 heterocycles. The SMILES string of the molecule is C[C@@H]1CNC[C@@H](CN2CC[C@@H](N3CCCC3)C2)O1.